The monoisotopic (exact) mass is 151 g/mol. The largest absolute Gasteiger partial charge is 0.481 e. The van der Waals surface area contributed by atoms with Gasteiger partial charge in [0, 0.05) is 0 Å². The average molecular weight is 151 g/mol. The van der Waals surface area contributed by atoms with Gasteiger partial charge in [0.25, 0.3) is 5.95 Å². The minimum atomic E-state index is -1.97. The maximum absolute atomic E-state index is 8.63. The summed E-state index contributed by atoms with van der Waals surface area (Å²) in [6.07, 6.45) is 2.06. The Hall–Kier alpha value is -0.310. The predicted octanol–water partition coefficient (Wildman–Crippen LogP) is 0.990. The van der Waals surface area contributed by atoms with E-state index < -0.39 is 8.53 Å². The fourth-order valence-corrected chi connectivity index (χ4v) is 0.574. The summed E-state index contributed by atoms with van der Waals surface area (Å²) in [5, 5.41) is 8.63. The smallest absolute Gasteiger partial charge is 0.314 e. The Morgan fingerprint density at radius 3 is 2.78 bits per heavy atom. The van der Waals surface area contributed by atoms with Crippen LogP contribution in [0.1, 0.15) is 13.3 Å². The molecule has 4 N–H and O–H groups in total. The second kappa shape index (κ2) is 4.56. The highest BCUT2D eigenvalue weighted by Gasteiger charge is 1.98. The third-order valence-corrected chi connectivity index (χ3v) is 0.940. The molecule has 0 spiro atoms. The van der Waals surface area contributed by atoms with Gasteiger partial charge in [-0.15, -0.1) is 0 Å². The van der Waals surface area contributed by atoms with Gasteiger partial charge in [0.05, 0.1) is 0 Å². The lowest BCUT2D eigenvalue weighted by Crippen LogP contribution is -1.92. The van der Waals surface area contributed by atoms with Gasteiger partial charge in [0.1, 0.15) is 0 Å². The molecule has 0 bridgehead atoms. The van der Waals surface area contributed by atoms with Crippen molar-refractivity contribution in [3.8, 4) is 0 Å². The lowest BCUT2D eigenvalue weighted by Gasteiger charge is -2.02. The Morgan fingerprint density at radius 1 is 1.89 bits per heavy atom. The van der Waals surface area contributed by atoms with Crippen molar-refractivity contribution >= 4 is 8.53 Å². The third kappa shape index (κ3) is 5.56. The molecule has 54 valence electrons. The van der Waals surface area contributed by atoms with E-state index >= 15 is 0 Å². The molecular weight excluding hydrogens is 141 g/mol. The quantitative estimate of drug-likeness (QED) is 0.415. The number of nitrogens with two attached hydrogens (primary N) is 1. The van der Waals surface area contributed by atoms with Crippen molar-refractivity contribution in [1.29, 1.82) is 0 Å². The van der Waals surface area contributed by atoms with Crippen LogP contribution in [-0.2, 0) is 4.52 Å². The van der Waals surface area contributed by atoms with Crippen molar-refractivity contribution in [2.45, 2.75) is 13.3 Å². The summed E-state index contributed by atoms with van der Waals surface area (Å²) in [5.74, 6) is -0.311. The lowest BCUT2D eigenvalue weighted by molar-refractivity contribution is 0.207. The van der Waals surface area contributed by atoms with Crippen LogP contribution in [0.3, 0.4) is 0 Å². The number of hydrogen-bond donors (Lipinski definition) is 3. The van der Waals surface area contributed by atoms with Crippen LogP contribution in [0.2, 0.25) is 0 Å². The van der Waals surface area contributed by atoms with E-state index in [1.54, 1.807) is 0 Å². The summed E-state index contributed by atoms with van der Waals surface area (Å²) < 4.78 is 4.31. The highest BCUT2D eigenvalue weighted by Crippen LogP contribution is 2.22. The molecule has 0 aromatic heterocycles. The first-order chi connectivity index (χ1) is 4.16. The number of rotatable bonds is 3. The van der Waals surface area contributed by atoms with Crippen LogP contribution in [0, 0.1) is 0 Å². The zero-order valence-corrected chi connectivity index (χ0v) is 6.01. The summed E-state index contributed by atoms with van der Waals surface area (Å²) in [6.45, 7) is 1.83. The van der Waals surface area contributed by atoms with Crippen LogP contribution in [0.4, 0.5) is 0 Å². The maximum Gasteiger partial charge on any atom is 0.314 e. The van der Waals surface area contributed by atoms with Gasteiger partial charge >= 0.3 is 8.53 Å². The number of hydrogen-bond acceptors (Lipinski definition) is 4. The van der Waals surface area contributed by atoms with Crippen molar-refractivity contribution in [2.24, 2.45) is 5.50 Å². The standard InChI is InChI=1S/C4H10NO3P/c1-2-3-4(6)8-9(5)7/h3,6-7H,2,5H2,1H3. The summed E-state index contributed by atoms with van der Waals surface area (Å²) in [6, 6.07) is 0. The van der Waals surface area contributed by atoms with Crippen LogP contribution in [-0.4, -0.2) is 10.00 Å². The van der Waals surface area contributed by atoms with E-state index in [1.807, 2.05) is 6.92 Å². The molecule has 0 saturated heterocycles. The molecule has 5 heteroatoms. The van der Waals surface area contributed by atoms with Crippen LogP contribution in [0.5, 0.6) is 0 Å². The van der Waals surface area contributed by atoms with E-state index in [9.17, 15) is 0 Å². The third-order valence-electron chi connectivity index (χ3n) is 0.566. The van der Waals surface area contributed by atoms with Gasteiger partial charge < -0.3 is 14.5 Å². The molecule has 0 rings (SSSR count). The summed E-state index contributed by atoms with van der Waals surface area (Å²) >= 11 is 0. The van der Waals surface area contributed by atoms with E-state index in [2.05, 4.69) is 4.52 Å². The van der Waals surface area contributed by atoms with Crippen LogP contribution < -0.4 is 5.50 Å². The molecule has 1 atom stereocenters. The minimum Gasteiger partial charge on any atom is -0.481 e. The van der Waals surface area contributed by atoms with Crippen molar-refractivity contribution in [3.63, 3.8) is 0 Å². The van der Waals surface area contributed by atoms with Gasteiger partial charge in [-0.1, -0.05) is 6.92 Å². The molecular formula is C4H10NO3P. The average Bonchev–Trinajstić information content (AvgIpc) is 1.63. The zero-order valence-electron chi connectivity index (χ0n) is 5.11. The maximum atomic E-state index is 8.63. The highest BCUT2D eigenvalue weighted by molar-refractivity contribution is 7.43. The van der Waals surface area contributed by atoms with Gasteiger partial charge in [0.15, 0.2) is 0 Å². The molecule has 0 aliphatic heterocycles. The molecule has 0 aromatic carbocycles. The van der Waals surface area contributed by atoms with Crippen molar-refractivity contribution in [2.75, 3.05) is 0 Å². The number of allylic oxidation sites excluding steroid dienone is 1. The Kier molecular flexibility index (Phi) is 4.40. The lowest BCUT2D eigenvalue weighted by atomic mass is 10.5. The van der Waals surface area contributed by atoms with Crippen molar-refractivity contribution in [1.82, 2.24) is 0 Å². The molecule has 4 nitrogen and oxygen atoms in total. The second-order valence-electron chi connectivity index (χ2n) is 1.34. The first-order valence-electron chi connectivity index (χ1n) is 2.47. The van der Waals surface area contributed by atoms with Gasteiger partial charge in [0.2, 0.25) is 0 Å². The highest BCUT2D eigenvalue weighted by atomic mass is 31.2. The molecule has 0 aromatic rings. The van der Waals surface area contributed by atoms with E-state index in [4.69, 9.17) is 15.5 Å². The van der Waals surface area contributed by atoms with Gasteiger partial charge in [-0.05, 0) is 12.5 Å². The normalized spacial score (nSPS) is 15.2. The van der Waals surface area contributed by atoms with Crippen LogP contribution in [0.15, 0.2) is 12.0 Å². The van der Waals surface area contributed by atoms with E-state index in [1.165, 1.54) is 6.08 Å². The molecule has 0 fully saturated rings. The van der Waals surface area contributed by atoms with Crippen LogP contribution in [0.25, 0.3) is 0 Å². The predicted molar refractivity (Wildman–Crippen MR) is 35.4 cm³/mol. The molecule has 0 aliphatic carbocycles. The Morgan fingerprint density at radius 2 is 2.44 bits per heavy atom. The Balaban J connectivity index is 3.49. The fraction of sp³-hybridized carbons (Fsp3) is 0.500. The molecule has 0 aliphatic rings. The number of aliphatic hydroxyl groups excluding tert-OH is 1. The summed E-state index contributed by atoms with van der Waals surface area (Å²) in [7, 11) is -1.97. The fourth-order valence-electron chi connectivity index (χ4n) is 0.308. The molecule has 9 heavy (non-hydrogen) atoms. The first kappa shape index (κ1) is 8.69. The number of aliphatic hydroxyl groups is 1. The Labute approximate surface area is 54.9 Å². The molecule has 0 radical (unpaired) electrons. The van der Waals surface area contributed by atoms with E-state index in [-0.39, 0.29) is 5.95 Å². The molecule has 1 unspecified atom stereocenters. The van der Waals surface area contributed by atoms with Crippen molar-refractivity contribution in [3.05, 3.63) is 12.0 Å². The van der Waals surface area contributed by atoms with Gasteiger partial charge in [-0.3, -0.25) is 5.50 Å². The zero-order chi connectivity index (χ0) is 7.28. The minimum absolute atomic E-state index is 0.311. The van der Waals surface area contributed by atoms with Crippen molar-refractivity contribution < 1.29 is 14.5 Å². The van der Waals surface area contributed by atoms with Crippen LogP contribution >= 0.6 is 8.53 Å². The van der Waals surface area contributed by atoms with E-state index in [0.717, 1.165) is 0 Å². The molecule has 0 saturated carbocycles. The van der Waals surface area contributed by atoms with Gasteiger partial charge in [-0.25, -0.2) is 0 Å². The summed E-state index contributed by atoms with van der Waals surface area (Å²) in [4.78, 5) is 8.37. The second-order valence-corrected chi connectivity index (χ2v) is 2.13. The molecule has 0 amide bonds. The van der Waals surface area contributed by atoms with E-state index in [0.29, 0.717) is 6.42 Å². The first-order valence-corrected chi connectivity index (χ1v) is 3.75. The summed E-state index contributed by atoms with van der Waals surface area (Å²) in [5.41, 5.74) is 4.82. The van der Waals surface area contributed by atoms with Gasteiger partial charge in [-0.2, -0.15) is 0 Å². The Bertz CT molecular complexity index is 104. The SMILES string of the molecule is CCC=C(O)OP(N)O. The topological polar surface area (TPSA) is 75.7 Å². The molecule has 0 heterocycles.